The predicted octanol–water partition coefficient (Wildman–Crippen LogP) is 5.83. The second kappa shape index (κ2) is 8.05. The van der Waals surface area contributed by atoms with Crippen molar-refractivity contribution < 1.29 is 14.7 Å². The summed E-state index contributed by atoms with van der Waals surface area (Å²) in [4.78, 5) is 31.7. The number of nitrogens with zero attached hydrogens (tertiary/aromatic N) is 2. The van der Waals surface area contributed by atoms with Crippen LogP contribution in [0, 0.1) is 0 Å². The van der Waals surface area contributed by atoms with Crippen LogP contribution in [-0.2, 0) is 15.0 Å². The highest BCUT2D eigenvalue weighted by Crippen LogP contribution is 2.43. The molecule has 3 aromatic rings. The number of hydrogen-bond acceptors (Lipinski definition) is 5. The number of thiazole rings is 1. The first kappa shape index (κ1) is 21.5. The Morgan fingerprint density at radius 2 is 1.71 bits per heavy atom. The molecule has 1 aliphatic rings. The van der Waals surface area contributed by atoms with Crippen LogP contribution in [0.15, 0.2) is 70.2 Å². The van der Waals surface area contributed by atoms with Crippen molar-refractivity contribution in [2.24, 2.45) is 0 Å². The second-order valence-corrected chi connectivity index (χ2v) is 10.2. The van der Waals surface area contributed by atoms with Gasteiger partial charge in [0, 0.05) is 21.6 Å². The number of aliphatic hydroxyl groups is 1. The molecule has 0 radical (unpaired) electrons. The fourth-order valence-electron chi connectivity index (χ4n) is 3.61. The molecule has 4 rings (SSSR count). The number of aliphatic hydroxyl groups excluding tert-OH is 1. The lowest BCUT2D eigenvalue weighted by Crippen LogP contribution is -2.29. The highest BCUT2D eigenvalue weighted by Gasteiger charge is 2.48. The largest absolute Gasteiger partial charge is 0.507 e. The highest BCUT2D eigenvalue weighted by molar-refractivity contribution is 9.10. The van der Waals surface area contributed by atoms with Crippen LogP contribution in [0.25, 0.3) is 5.76 Å². The van der Waals surface area contributed by atoms with Gasteiger partial charge in [-0.15, -0.1) is 11.3 Å². The lowest BCUT2D eigenvalue weighted by atomic mass is 9.85. The van der Waals surface area contributed by atoms with Gasteiger partial charge in [0.1, 0.15) is 5.76 Å². The van der Waals surface area contributed by atoms with E-state index in [0.29, 0.717) is 10.7 Å². The van der Waals surface area contributed by atoms with Crippen LogP contribution in [-0.4, -0.2) is 21.8 Å². The molecule has 1 saturated heterocycles. The number of amides is 1. The molecule has 0 saturated carbocycles. The average molecular weight is 497 g/mol. The smallest absolute Gasteiger partial charge is 0.301 e. The molecule has 158 valence electrons. The molecule has 1 aliphatic heterocycles. The van der Waals surface area contributed by atoms with Crippen LogP contribution in [0.1, 0.15) is 43.5 Å². The van der Waals surface area contributed by atoms with E-state index in [1.165, 1.54) is 16.2 Å². The second-order valence-electron chi connectivity index (χ2n) is 8.36. The summed E-state index contributed by atoms with van der Waals surface area (Å²) < 4.78 is 0.849. The first-order valence-electron chi connectivity index (χ1n) is 9.75. The number of aromatic nitrogens is 1. The highest BCUT2D eigenvalue weighted by atomic mass is 79.9. The van der Waals surface area contributed by atoms with Crippen LogP contribution >= 0.6 is 27.3 Å². The molecule has 1 amide bonds. The summed E-state index contributed by atoms with van der Waals surface area (Å²) in [7, 11) is 0. The maximum atomic E-state index is 13.1. The Morgan fingerprint density at radius 1 is 1.06 bits per heavy atom. The van der Waals surface area contributed by atoms with Gasteiger partial charge in [-0.05, 0) is 28.7 Å². The molecule has 1 fully saturated rings. The van der Waals surface area contributed by atoms with E-state index in [4.69, 9.17) is 0 Å². The van der Waals surface area contributed by atoms with E-state index >= 15 is 0 Å². The number of Topliss-reactive ketones (excluding diaryl/α,β-unsaturated/α-hetero) is 1. The predicted molar refractivity (Wildman–Crippen MR) is 126 cm³/mol. The zero-order chi connectivity index (χ0) is 22.3. The van der Waals surface area contributed by atoms with Crippen molar-refractivity contribution in [2.75, 3.05) is 4.90 Å². The van der Waals surface area contributed by atoms with E-state index in [2.05, 4.69) is 41.7 Å². The summed E-state index contributed by atoms with van der Waals surface area (Å²) in [5.41, 5.74) is 2.37. The van der Waals surface area contributed by atoms with Gasteiger partial charge in [0.15, 0.2) is 5.13 Å². The third-order valence-corrected chi connectivity index (χ3v) is 6.58. The van der Waals surface area contributed by atoms with Crippen molar-refractivity contribution in [2.45, 2.75) is 32.2 Å². The van der Waals surface area contributed by atoms with Crippen LogP contribution in [0.5, 0.6) is 0 Å². The molecule has 1 atom stereocenters. The monoisotopic (exact) mass is 496 g/mol. The SMILES string of the molecule is CC(C)(C)c1ccc([C@@H]2/C(=C(\O)c3ccc(Br)cc3)C(=O)C(=O)N2c2nccs2)cc1. The number of hydrogen-bond donors (Lipinski definition) is 1. The summed E-state index contributed by atoms with van der Waals surface area (Å²) in [6, 6.07) is 14.0. The molecular formula is C24H21BrN2O3S. The third-order valence-electron chi connectivity index (χ3n) is 5.28. The van der Waals surface area contributed by atoms with E-state index in [0.717, 1.165) is 15.6 Å². The van der Waals surface area contributed by atoms with Crippen LogP contribution in [0.2, 0.25) is 0 Å². The Balaban J connectivity index is 1.90. The van der Waals surface area contributed by atoms with Gasteiger partial charge in [0.05, 0.1) is 11.6 Å². The standard InChI is InChI=1S/C24H21BrN2O3S/c1-24(2,3)16-8-4-14(5-9-16)19-18(20(28)15-6-10-17(25)11-7-15)21(29)22(30)27(19)23-26-12-13-31-23/h4-13,19,28H,1-3H3/b20-18+/t19-/m1/s1. The lowest BCUT2D eigenvalue weighted by molar-refractivity contribution is -0.132. The number of carbonyl (C=O) groups excluding carboxylic acids is 2. The van der Waals surface area contributed by atoms with Gasteiger partial charge in [-0.2, -0.15) is 0 Å². The summed E-state index contributed by atoms with van der Waals surface area (Å²) in [5, 5.41) is 13.2. The molecule has 1 N–H and O–H groups in total. The van der Waals surface area contributed by atoms with Gasteiger partial charge < -0.3 is 5.11 Å². The molecule has 0 unspecified atom stereocenters. The molecule has 31 heavy (non-hydrogen) atoms. The summed E-state index contributed by atoms with van der Waals surface area (Å²) >= 11 is 4.65. The first-order chi connectivity index (χ1) is 14.7. The molecule has 0 aliphatic carbocycles. The summed E-state index contributed by atoms with van der Waals surface area (Å²) in [5.74, 6) is -1.62. The Bertz CT molecular complexity index is 1160. The number of anilines is 1. The molecule has 2 aromatic carbocycles. The summed E-state index contributed by atoms with van der Waals surface area (Å²) in [6.45, 7) is 6.37. The lowest BCUT2D eigenvalue weighted by Gasteiger charge is -2.24. The first-order valence-corrected chi connectivity index (χ1v) is 11.4. The summed E-state index contributed by atoms with van der Waals surface area (Å²) in [6.07, 6.45) is 1.59. The van der Waals surface area contributed by atoms with Crippen LogP contribution in [0.3, 0.4) is 0 Å². The van der Waals surface area contributed by atoms with Crippen molar-refractivity contribution >= 4 is 49.8 Å². The normalized spacial score (nSPS) is 18.6. The van der Waals surface area contributed by atoms with Gasteiger partial charge in [-0.1, -0.05) is 73.1 Å². The van der Waals surface area contributed by atoms with Gasteiger partial charge in [-0.25, -0.2) is 4.98 Å². The van der Waals surface area contributed by atoms with Crippen LogP contribution in [0.4, 0.5) is 5.13 Å². The van der Waals surface area contributed by atoms with E-state index in [-0.39, 0.29) is 16.7 Å². The molecule has 0 bridgehead atoms. The number of rotatable bonds is 3. The van der Waals surface area contributed by atoms with Gasteiger partial charge in [0.2, 0.25) is 0 Å². The number of ketones is 1. The zero-order valence-electron chi connectivity index (χ0n) is 17.3. The average Bonchev–Trinajstić information content (AvgIpc) is 3.34. The molecule has 1 aromatic heterocycles. The van der Waals surface area contributed by atoms with Crippen LogP contribution < -0.4 is 4.90 Å². The van der Waals surface area contributed by atoms with Crippen molar-refractivity contribution in [1.29, 1.82) is 0 Å². The topological polar surface area (TPSA) is 70.5 Å². The molecule has 0 spiro atoms. The van der Waals surface area contributed by atoms with Crippen molar-refractivity contribution in [3.63, 3.8) is 0 Å². The third kappa shape index (κ3) is 3.95. The Kier molecular flexibility index (Phi) is 5.58. The number of halogens is 1. The molecule has 2 heterocycles. The number of carbonyl (C=O) groups is 2. The minimum Gasteiger partial charge on any atom is -0.507 e. The fraction of sp³-hybridized carbons (Fsp3) is 0.208. The maximum Gasteiger partial charge on any atom is 0.301 e. The number of benzene rings is 2. The van der Waals surface area contributed by atoms with Gasteiger partial charge >= 0.3 is 5.91 Å². The molecular weight excluding hydrogens is 476 g/mol. The van der Waals surface area contributed by atoms with E-state index in [1.807, 2.05) is 24.3 Å². The van der Waals surface area contributed by atoms with Crippen molar-refractivity contribution in [3.8, 4) is 0 Å². The minimum atomic E-state index is -0.760. The quantitative estimate of drug-likeness (QED) is 0.281. The Morgan fingerprint density at radius 3 is 2.26 bits per heavy atom. The van der Waals surface area contributed by atoms with Crippen molar-refractivity contribution in [1.82, 2.24) is 4.98 Å². The van der Waals surface area contributed by atoms with E-state index in [1.54, 1.807) is 35.8 Å². The van der Waals surface area contributed by atoms with Gasteiger partial charge in [0.25, 0.3) is 5.78 Å². The zero-order valence-corrected chi connectivity index (χ0v) is 19.7. The Labute approximate surface area is 193 Å². The molecule has 5 nitrogen and oxygen atoms in total. The molecule has 7 heteroatoms. The maximum absolute atomic E-state index is 13.1. The Hall–Kier alpha value is -2.77. The van der Waals surface area contributed by atoms with Crippen molar-refractivity contribution in [3.05, 3.63) is 86.8 Å². The minimum absolute atomic E-state index is 0.0346. The van der Waals surface area contributed by atoms with E-state index < -0.39 is 17.7 Å². The van der Waals surface area contributed by atoms with Gasteiger partial charge in [-0.3, -0.25) is 14.5 Å². The fourth-order valence-corrected chi connectivity index (χ4v) is 4.54. The van der Waals surface area contributed by atoms with E-state index in [9.17, 15) is 14.7 Å².